The molecule has 0 amide bonds. The van der Waals surface area contributed by atoms with Crippen LogP contribution in [0.25, 0.3) is 10.1 Å². The molecule has 3 rings (SSSR count). The van der Waals surface area contributed by atoms with Gasteiger partial charge in [0.25, 0.3) is 0 Å². The summed E-state index contributed by atoms with van der Waals surface area (Å²) in [6.07, 6.45) is 0. The molecule has 0 spiro atoms. The summed E-state index contributed by atoms with van der Waals surface area (Å²) >= 11 is 7.97. The van der Waals surface area contributed by atoms with Gasteiger partial charge in [-0.2, -0.15) is 0 Å². The number of hydrogen-bond acceptors (Lipinski definition) is 2. The Hall–Kier alpha value is -1.42. The summed E-state index contributed by atoms with van der Waals surface area (Å²) in [6.45, 7) is 2.86. The molecule has 0 saturated heterocycles. The molecule has 0 aliphatic heterocycles. The van der Waals surface area contributed by atoms with Gasteiger partial charge in [0.15, 0.2) is 0 Å². The Labute approximate surface area is 132 Å². The lowest BCUT2D eigenvalue weighted by Crippen LogP contribution is -2.22. The minimum atomic E-state index is -0.311. The number of halogens is 2. The molecule has 2 aromatic carbocycles. The van der Waals surface area contributed by atoms with Gasteiger partial charge in [-0.15, -0.1) is 11.3 Å². The van der Waals surface area contributed by atoms with E-state index in [2.05, 4.69) is 29.8 Å². The van der Waals surface area contributed by atoms with E-state index < -0.39 is 0 Å². The van der Waals surface area contributed by atoms with E-state index in [-0.39, 0.29) is 11.9 Å². The quantitative estimate of drug-likeness (QED) is 0.679. The zero-order chi connectivity index (χ0) is 14.8. The van der Waals surface area contributed by atoms with Crippen LogP contribution in [0.4, 0.5) is 4.39 Å². The third kappa shape index (κ3) is 2.82. The molecule has 1 N–H and O–H groups in total. The van der Waals surface area contributed by atoms with Crippen LogP contribution in [-0.4, -0.2) is 6.54 Å². The van der Waals surface area contributed by atoms with Crippen molar-refractivity contribution in [3.8, 4) is 0 Å². The molecular weight excluding hydrogens is 305 g/mol. The van der Waals surface area contributed by atoms with Crippen molar-refractivity contribution in [2.24, 2.45) is 0 Å². The molecule has 0 aliphatic rings. The number of benzene rings is 2. The van der Waals surface area contributed by atoms with Crippen molar-refractivity contribution in [3.63, 3.8) is 0 Å². The van der Waals surface area contributed by atoms with E-state index >= 15 is 0 Å². The van der Waals surface area contributed by atoms with E-state index in [0.29, 0.717) is 5.02 Å². The largest absolute Gasteiger partial charge is 0.306 e. The monoisotopic (exact) mass is 319 g/mol. The Morgan fingerprint density at radius 1 is 1.19 bits per heavy atom. The number of hydrogen-bond donors (Lipinski definition) is 1. The molecule has 4 heteroatoms. The first-order valence-electron chi connectivity index (χ1n) is 6.85. The first kappa shape index (κ1) is 14.5. The van der Waals surface area contributed by atoms with Crippen LogP contribution in [-0.2, 0) is 0 Å². The Kier molecular flexibility index (Phi) is 4.24. The Balaban J connectivity index is 2.13. The lowest BCUT2D eigenvalue weighted by Gasteiger charge is -2.19. The minimum Gasteiger partial charge on any atom is -0.306 e. The lowest BCUT2D eigenvalue weighted by molar-refractivity contribution is 0.616. The fourth-order valence-corrected chi connectivity index (χ4v) is 3.81. The molecule has 1 unspecified atom stereocenters. The van der Waals surface area contributed by atoms with E-state index in [0.717, 1.165) is 12.1 Å². The average Bonchev–Trinajstić information content (AvgIpc) is 2.89. The van der Waals surface area contributed by atoms with Crippen molar-refractivity contribution in [2.75, 3.05) is 6.54 Å². The molecule has 0 aliphatic carbocycles. The van der Waals surface area contributed by atoms with E-state index in [9.17, 15) is 4.39 Å². The van der Waals surface area contributed by atoms with Gasteiger partial charge in [0, 0.05) is 9.72 Å². The molecule has 108 valence electrons. The summed E-state index contributed by atoms with van der Waals surface area (Å²) in [5.74, 6) is -0.311. The van der Waals surface area contributed by atoms with Gasteiger partial charge < -0.3 is 5.32 Å². The predicted molar refractivity (Wildman–Crippen MR) is 88.8 cm³/mol. The molecule has 1 nitrogen and oxygen atoms in total. The van der Waals surface area contributed by atoms with Gasteiger partial charge in [-0.25, -0.2) is 4.39 Å². The second-order valence-corrected chi connectivity index (χ2v) is 6.16. The van der Waals surface area contributed by atoms with Crippen LogP contribution < -0.4 is 5.32 Å². The summed E-state index contributed by atoms with van der Waals surface area (Å²) in [7, 11) is 0. The highest BCUT2D eigenvalue weighted by Gasteiger charge is 2.19. The maximum absolute atomic E-state index is 13.3. The van der Waals surface area contributed by atoms with Crippen LogP contribution in [0.2, 0.25) is 5.02 Å². The van der Waals surface area contributed by atoms with Gasteiger partial charge in [0.2, 0.25) is 0 Å². The molecule has 0 saturated carbocycles. The van der Waals surface area contributed by atoms with E-state index in [1.165, 1.54) is 27.8 Å². The second-order valence-electron chi connectivity index (χ2n) is 4.84. The van der Waals surface area contributed by atoms with Gasteiger partial charge in [-0.1, -0.05) is 42.8 Å². The highest BCUT2D eigenvalue weighted by molar-refractivity contribution is 7.17. The molecule has 0 radical (unpaired) electrons. The standard InChI is InChI=1S/C17H15ClFNS/c1-2-20-17(13-8-7-11(19)9-15(13)18)14-10-21-16-6-4-3-5-12(14)16/h3-10,17,20H,2H2,1H3. The van der Waals surface area contributed by atoms with Crippen LogP contribution in [0.1, 0.15) is 24.1 Å². The molecule has 1 heterocycles. The first-order chi connectivity index (χ1) is 10.2. The van der Waals surface area contributed by atoms with Gasteiger partial charge in [-0.3, -0.25) is 0 Å². The summed E-state index contributed by atoms with van der Waals surface area (Å²) in [5, 5.41) is 7.28. The highest BCUT2D eigenvalue weighted by atomic mass is 35.5. The average molecular weight is 320 g/mol. The number of thiophene rings is 1. The van der Waals surface area contributed by atoms with Crippen molar-refractivity contribution in [2.45, 2.75) is 13.0 Å². The van der Waals surface area contributed by atoms with E-state index in [1.807, 2.05) is 12.1 Å². The maximum atomic E-state index is 13.3. The number of nitrogens with one attached hydrogen (secondary N) is 1. The van der Waals surface area contributed by atoms with Gasteiger partial charge in [0.05, 0.1) is 6.04 Å². The van der Waals surface area contributed by atoms with Crippen molar-refractivity contribution in [1.29, 1.82) is 0 Å². The zero-order valence-corrected chi connectivity index (χ0v) is 13.1. The smallest absolute Gasteiger partial charge is 0.124 e. The van der Waals surface area contributed by atoms with Crippen LogP contribution in [0.15, 0.2) is 47.8 Å². The first-order valence-corrected chi connectivity index (χ1v) is 8.11. The molecule has 0 fully saturated rings. The summed E-state index contributed by atoms with van der Waals surface area (Å²) in [4.78, 5) is 0. The number of rotatable bonds is 4. The fourth-order valence-electron chi connectivity index (χ4n) is 2.55. The van der Waals surface area contributed by atoms with Gasteiger partial charge in [0.1, 0.15) is 5.82 Å². The van der Waals surface area contributed by atoms with Crippen molar-refractivity contribution < 1.29 is 4.39 Å². The van der Waals surface area contributed by atoms with Crippen LogP contribution in [0, 0.1) is 5.82 Å². The zero-order valence-electron chi connectivity index (χ0n) is 11.6. The lowest BCUT2D eigenvalue weighted by atomic mass is 9.98. The molecule has 1 aromatic heterocycles. The van der Waals surface area contributed by atoms with Crippen LogP contribution in [0.5, 0.6) is 0 Å². The molecule has 1 atom stereocenters. The van der Waals surface area contributed by atoms with Crippen molar-refractivity contribution in [3.05, 3.63) is 69.8 Å². The van der Waals surface area contributed by atoms with Crippen molar-refractivity contribution in [1.82, 2.24) is 5.32 Å². The van der Waals surface area contributed by atoms with Crippen LogP contribution in [0.3, 0.4) is 0 Å². The second kappa shape index (κ2) is 6.14. The number of fused-ring (bicyclic) bond motifs is 1. The normalized spacial score (nSPS) is 12.7. The van der Waals surface area contributed by atoms with Gasteiger partial charge >= 0.3 is 0 Å². The molecule has 3 aromatic rings. The molecular formula is C17H15ClFNS. The SMILES string of the molecule is CCNC(c1ccc(F)cc1Cl)c1csc2ccccc12. The maximum Gasteiger partial charge on any atom is 0.124 e. The molecule has 0 bridgehead atoms. The third-order valence-electron chi connectivity index (χ3n) is 3.50. The fraction of sp³-hybridized carbons (Fsp3) is 0.176. The Morgan fingerprint density at radius 2 is 2.00 bits per heavy atom. The summed E-state index contributed by atoms with van der Waals surface area (Å²) < 4.78 is 14.5. The minimum absolute atomic E-state index is 0.0285. The predicted octanol–water partition coefficient (Wildman–Crippen LogP) is 5.39. The topological polar surface area (TPSA) is 12.0 Å². The van der Waals surface area contributed by atoms with Gasteiger partial charge in [-0.05, 0) is 46.6 Å². The van der Waals surface area contributed by atoms with E-state index in [4.69, 9.17) is 11.6 Å². The van der Waals surface area contributed by atoms with Crippen LogP contribution >= 0.6 is 22.9 Å². The van der Waals surface area contributed by atoms with Crippen molar-refractivity contribution >= 4 is 33.0 Å². The Morgan fingerprint density at radius 3 is 2.76 bits per heavy atom. The highest BCUT2D eigenvalue weighted by Crippen LogP contribution is 2.36. The van der Waals surface area contributed by atoms with E-state index in [1.54, 1.807) is 17.4 Å². The summed E-state index contributed by atoms with van der Waals surface area (Å²) in [6, 6.07) is 12.9. The summed E-state index contributed by atoms with van der Waals surface area (Å²) in [5.41, 5.74) is 2.09. The third-order valence-corrected chi connectivity index (χ3v) is 4.81. The molecule has 21 heavy (non-hydrogen) atoms. The Bertz CT molecular complexity index is 768.